The van der Waals surface area contributed by atoms with Gasteiger partial charge in [0.15, 0.2) is 0 Å². The number of benzene rings is 2. The number of carbonyl (C=O) groups excluding carboxylic acids is 2. The topological polar surface area (TPSA) is 84.2 Å². The van der Waals surface area contributed by atoms with Crippen LogP contribution >= 0.6 is 0 Å². The second-order valence-corrected chi connectivity index (χ2v) is 5.78. The van der Waals surface area contributed by atoms with Crippen molar-refractivity contribution >= 4 is 17.6 Å². The number of rotatable bonds is 6. The van der Waals surface area contributed by atoms with Crippen LogP contribution in [-0.2, 0) is 4.79 Å². The minimum Gasteiger partial charge on any atom is -0.368 e. The Kier molecular flexibility index (Phi) is 5.95. The summed E-state index contributed by atoms with van der Waals surface area (Å²) in [6.45, 7) is 3.83. The highest BCUT2D eigenvalue weighted by Crippen LogP contribution is 2.27. The molecule has 0 unspecified atom stereocenters. The zero-order valence-electron chi connectivity index (χ0n) is 14.0. The van der Waals surface area contributed by atoms with Gasteiger partial charge < -0.3 is 16.4 Å². The second-order valence-electron chi connectivity index (χ2n) is 5.78. The number of carbonyl (C=O) groups is 2. The van der Waals surface area contributed by atoms with Crippen molar-refractivity contribution in [2.75, 3.05) is 5.32 Å². The van der Waals surface area contributed by atoms with E-state index in [4.69, 9.17) is 5.73 Å². The van der Waals surface area contributed by atoms with Gasteiger partial charge in [0.1, 0.15) is 6.04 Å². The Morgan fingerprint density at radius 1 is 1.04 bits per heavy atom. The van der Waals surface area contributed by atoms with E-state index >= 15 is 0 Å². The van der Waals surface area contributed by atoms with E-state index in [0.717, 1.165) is 17.5 Å². The van der Waals surface area contributed by atoms with E-state index in [0.29, 0.717) is 5.69 Å². The van der Waals surface area contributed by atoms with Crippen LogP contribution in [0.3, 0.4) is 0 Å². The Labute approximate surface area is 142 Å². The van der Waals surface area contributed by atoms with Crippen molar-refractivity contribution in [3.8, 4) is 11.1 Å². The molecule has 126 valence electrons. The predicted octanol–water partition coefficient (Wildman–Crippen LogP) is 3.38. The van der Waals surface area contributed by atoms with Crippen molar-refractivity contribution in [1.29, 1.82) is 0 Å². The maximum Gasteiger partial charge on any atom is 0.319 e. The van der Waals surface area contributed by atoms with Crippen LogP contribution in [0.15, 0.2) is 54.6 Å². The number of urea groups is 1. The van der Waals surface area contributed by atoms with E-state index in [1.165, 1.54) is 0 Å². The van der Waals surface area contributed by atoms with Crippen LogP contribution in [0.4, 0.5) is 10.5 Å². The quantitative estimate of drug-likeness (QED) is 0.760. The monoisotopic (exact) mass is 325 g/mol. The molecular formula is C19H23N3O2. The van der Waals surface area contributed by atoms with Crippen LogP contribution in [0, 0.1) is 5.92 Å². The predicted molar refractivity (Wildman–Crippen MR) is 96.5 cm³/mol. The van der Waals surface area contributed by atoms with Crippen LogP contribution in [-0.4, -0.2) is 18.0 Å². The molecule has 24 heavy (non-hydrogen) atoms. The molecule has 0 fully saturated rings. The minimum atomic E-state index is -0.695. The molecule has 0 heterocycles. The van der Waals surface area contributed by atoms with Crippen LogP contribution in [0.1, 0.15) is 20.3 Å². The van der Waals surface area contributed by atoms with E-state index in [1.54, 1.807) is 0 Å². The van der Waals surface area contributed by atoms with Crippen molar-refractivity contribution in [2.24, 2.45) is 11.7 Å². The fourth-order valence-corrected chi connectivity index (χ4v) is 2.49. The Hall–Kier alpha value is -2.82. The Morgan fingerprint density at radius 2 is 1.67 bits per heavy atom. The molecule has 2 aromatic carbocycles. The first kappa shape index (κ1) is 17.5. The van der Waals surface area contributed by atoms with Crippen LogP contribution in [0.2, 0.25) is 0 Å². The summed E-state index contributed by atoms with van der Waals surface area (Å²) in [6.07, 6.45) is 0.745. The highest BCUT2D eigenvalue weighted by atomic mass is 16.2. The molecule has 0 aromatic heterocycles. The summed E-state index contributed by atoms with van der Waals surface area (Å²) in [5.41, 5.74) is 7.98. The second kappa shape index (κ2) is 8.15. The lowest BCUT2D eigenvalue weighted by molar-refractivity contribution is -0.120. The van der Waals surface area contributed by atoms with Gasteiger partial charge >= 0.3 is 6.03 Å². The molecule has 0 saturated carbocycles. The molecule has 0 aliphatic rings. The van der Waals surface area contributed by atoms with Crippen molar-refractivity contribution in [1.82, 2.24) is 5.32 Å². The summed E-state index contributed by atoms with van der Waals surface area (Å²) >= 11 is 0. The molecule has 0 aliphatic carbocycles. The number of anilines is 1. The van der Waals surface area contributed by atoms with Gasteiger partial charge in [0, 0.05) is 5.56 Å². The Balaban J connectivity index is 2.17. The first-order valence-corrected chi connectivity index (χ1v) is 8.04. The van der Waals surface area contributed by atoms with E-state index < -0.39 is 18.0 Å². The normalized spacial score (nSPS) is 12.9. The van der Waals surface area contributed by atoms with E-state index in [2.05, 4.69) is 10.6 Å². The van der Waals surface area contributed by atoms with Crippen molar-refractivity contribution in [3.63, 3.8) is 0 Å². The molecule has 0 spiro atoms. The summed E-state index contributed by atoms with van der Waals surface area (Å²) in [5, 5.41) is 5.49. The lowest BCUT2D eigenvalue weighted by Gasteiger charge is -2.21. The number of nitrogens with two attached hydrogens (primary N) is 1. The van der Waals surface area contributed by atoms with E-state index in [-0.39, 0.29) is 5.92 Å². The molecule has 5 nitrogen and oxygen atoms in total. The van der Waals surface area contributed by atoms with Crippen LogP contribution in [0.25, 0.3) is 11.1 Å². The molecular weight excluding hydrogens is 302 g/mol. The lowest BCUT2D eigenvalue weighted by atomic mass is 9.99. The fourth-order valence-electron chi connectivity index (χ4n) is 2.49. The molecule has 0 saturated heterocycles. The molecule has 3 amide bonds. The van der Waals surface area contributed by atoms with Gasteiger partial charge in [-0.05, 0) is 17.5 Å². The van der Waals surface area contributed by atoms with Crippen LogP contribution < -0.4 is 16.4 Å². The fraction of sp³-hybridized carbons (Fsp3) is 0.263. The first-order valence-electron chi connectivity index (χ1n) is 8.04. The van der Waals surface area contributed by atoms with Crippen molar-refractivity contribution in [3.05, 3.63) is 54.6 Å². The summed E-state index contributed by atoms with van der Waals surface area (Å²) in [6, 6.07) is 16.2. The van der Waals surface area contributed by atoms with Gasteiger partial charge in [-0.1, -0.05) is 68.8 Å². The zero-order valence-corrected chi connectivity index (χ0v) is 14.0. The smallest absolute Gasteiger partial charge is 0.319 e. The molecule has 0 bridgehead atoms. The Morgan fingerprint density at radius 3 is 2.29 bits per heavy atom. The van der Waals surface area contributed by atoms with Gasteiger partial charge in [0.05, 0.1) is 5.69 Å². The lowest BCUT2D eigenvalue weighted by Crippen LogP contribution is -2.49. The molecule has 0 aliphatic heterocycles. The summed E-state index contributed by atoms with van der Waals surface area (Å²) in [4.78, 5) is 23.9. The average Bonchev–Trinajstić information content (AvgIpc) is 2.60. The molecule has 2 rings (SSSR count). The summed E-state index contributed by atoms with van der Waals surface area (Å²) < 4.78 is 0. The first-order chi connectivity index (χ1) is 11.5. The molecule has 0 radical (unpaired) electrons. The van der Waals surface area contributed by atoms with Crippen molar-refractivity contribution in [2.45, 2.75) is 26.3 Å². The molecule has 4 N–H and O–H groups in total. The number of para-hydroxylation sites is 1. The summed E-state index contributed by atoms with van der Waals surface area (Å²) in [7, 11) is 0. The minimum absolute atomic E-state index is 0.0300. The van der Waals surface area contributed by atoms with Gasteiger partial charge in [-0.15, -0.1) is 0 Å². The molecule has 2 atom stereocenters. The van der Waals surface area contributed by atoms with Crippen molar-refractivity contribution < 1.29 is 9.59 Å². The maximum absolute atomic E-state index is 12.3. The number of primary amides is 1. The highest BCUT2D eigenvalue weighted by Gasteiger charge is 2.23. The zero-order chi connectivity index (χ0) is 17.5. The largest absolute Gasteiger partial charge is 0.368 e. The van der Waals surface area contributed by atoms with Gasteiger partial charge in [0.2, 0.25) is 5.91 Å². The van der Waals surface area contributed by atoms with Gasteiger partial charge in [-0.25, -0.2) is 4.79 Å². The third-order valence-corrected chi connectivity index (χ3v) is 4.07. The number of hydrogen-bond donors (Lipinski definition) is 3. The third kappa shape index (κ3) is 4.35. The molecule has 2 aromatic rings. The van der Waals surface area contributed by atoms with E-state index in [9.17, 15) is 9.59 Å². The number of nitrogens with one attached hydrogen (secondary N) is 2. The van der Waals surface area contributed by atoms with Gasteiger partial charge in [-0.3, -0.25) is 4.79 Å². The number of amides is 3. The van der Waals surface area contributed by atoms with E-state index in [1.807, 2.05) is 68.4 Å². The standard InChI is InChI=1S/C19H23N3O2/c1-3-13(2)17(18(20)23)22-19(24)21-16-12-8-7-11-15(16)14-9-5-4-6-10-14/h4-13,17H,3H2,1-2H3,(H2,20,23)(H2,21,22,24)/t13-,17-/m0/s1. The van der Waals surface area contributed by atoms with Crippen LogP contribution in [0.5, 0.6) is 0 Å². The average molecular weight is 325 g/mol. The number of hydrogen-bond acceptors (Lipinski definition) is 2. The Bertz CT molecular complexity index is 701. The highest BCUT2D eigenvalue weighted by molar-refractivity contribution is 5.96. The van der Waals surface area contributed by atoms with Gasteiger partial charge in [0.25, 0.3) is 0 Å². The van der Waals surface area contributed by atoms with Gasteiger partial charge in [-0.2, -0.15) is 0 Å². The summed E-state index contributed by atoms with van der Waals surface area (Å²) in [5.74, 6) is -0.562. The SMILES string of the molecule is CC[C@H](C)[C@H](NC(=O)Nc1ccccc1-c1ccccc1)C(N)=O. The molecule has 5 heteroatoms. The maximum atomic E-state index is 12.3. The third-order valence-electron chi connectivity index (χ3n) is 4.07.